The van der Waals surface area contributed by atoms with Gasteiger partial charge in [-0.2, -0.15) is 0 Å². The molecule has 0 N–H and O–H groups in total. The zero-order valence-electron chi connectivity index (χ0n) is 20.4. The Bertz CT molecular complexity index is 1640. The highest BCUT2D eigenvalue weighted by Crippen LogP contribution is 2.54. The lowest BCUT2D eigenvalue weighted by atomic mass is 9.84. The van der Waals surface area contributed by atoms with Crippen molar-refractivity contribution in [3.63, 3.8) is 0 Å². The Morgan fingerprint density at radius 1 is 1.08 bits per heavy atom. The predicted octanol–water partition coefficient (Wildman–Crippen LogP) is 4.74. The van der Waals surface area contributed by atoms with E-state index in [1.807, 2.05) is 58.0 Å². The van der Waals surface area contributed by atoms with Crippen molar-refractivity contribution in [2.24, 2.45) is 0 Å². The molecule has 0 fully saturated rings. The minimum Gasteiger partial charge on any atom is -0.450 e. The van der Waals surface area contributed by atoms with Gasteiger partial charge in [-0.05, 0) is 31.5 Å². The number of aromatic nitrogens is 2. The number of hydrogen-bond acceptors (Lipinski definition) is 7. The molecule has 0 bridgehead atoms. The van der Waals surface area contributed by atoms with Crippen LogP contribution in [0.1, 0.15) is 65.4 Å². The van der Waals surface area contributed by atoms with Crippen molar-refractivity contribution in [1.82, 2.24) is 10.2 Å². The fourth-order valence-electron chi connectivity index (χ4n) is 5.27. The third kappa shape index (κ3) is 2.77. The molecule has 4 aromatic rings. The van der Waals surface area contributed by atoms with Crippen molar-refractivity contribution in [2.45, 2.75) is 45.6 Å². The first-order chi connectivity index (χ1) is 17.3. The molecule has 2 aliphatic rings. The highest BCUT2D eigenvalue weighted by Gasteiger charge is 2.66. The number of anilines is 2. The SMILES string of the molecule is CCCN1C(=O)C2(c3ccccc31)c1c(oc3ccc(C)cc3c1=O)C(=O)N2c1nnc(C(C)C)s1. The summed E-state index contributed by atoms with van der Waals surface area (Å²) in [7, 11) is 0. The Hall–Kier alpha value is -3.85. The van der Waals surface area contributed by atoms with E-state index in [-0.39, 0.29) is 33.7 Å². The Morgan fingerprint density at radius 3 is 2.58 bits per heavy atom. The first kappa shape index (κ1) is 22.6. The standard InChI is InChI=1S/C27H24N4O4S/c1-5-12-30-18-9-7-6-8-17(18)27(25(30)34)20-21(32)16-13-15(4)10-11-19(16)35-22(20)24(33)31(27)26-29-28-23(36-26)14(2)3/h6-11,13-14H,5,12H2,1-4H3. The topological polar surface area (TPSA) is 96.6 Å². The molecule has 2 aromatic carbocycles. The highest BCUT2D eigenvalue weighted by molar-refractivity contribution is 7.15. The molecule has 8 nitrogen and oxygen atoms in total. The van der Waals surface area contributed by atoms with Gasteiger partial charge >= 0.3 is 0 Å². The molecule has 6 rings (SSSR count). The van der Waals surface area contributed by atoms with E-state index in [2.05, 4.69) is 10.2 Å². The molecule has 9 heteroatoms. The maximum atomic E-state index is 14.5. The largest absolute Gasteiger partial charge is 0.450 e. The van der Waals surface area contributed by atoms with Crippen LogP contribution in [-0.4, -0.2) is 28.6 Å². The minimum absolute atomic E-state index is 0.0444. The predicted molar refractivity (Wildman–Crippen MR) is 138 cm³/mol. The normalized spacial score (nSPS) is 18.7. The molecule has 2 aliphatic heterocycles. The molecule has 36 heavy (non-hydrogen) atoms. The minimum atomic E-state index is -1.72. The maximum absolute atomic E-state index is 14.5. The van der Waals surface area contributed by atoms with Crippen LogP contribution in [0.15, 0.2) is 51.7 Å². The first-order valence-corrected chi connectivity index (χ1v) is 12.8. The van der Waals surface area contributed by atoms with Gasteiger partial charge in [0.05, 0.1) is 16.6 Å². The summed E-state index contributed by atoms with van der Waals surface area (Å²) in [5.74, 6) is -0.976. The number of carbonyl (C=O) groups excluding carboxylic acids is 2. The molecular weight excluding hydrogens is 476 g/mol. The van der Waals surface area contributed by atoms with Crippen molar-refractivity contribution in [3.8, 4) is 0 Å². The molecule has 1 spiro atoms. The zero-order chi connectivity index (χ0) is 25.4. The summed E-state index contributed by atoms with van der Waals surface area (Å²) < 4.78 is 6.10. The number of nitrogens with zero attached hydrogens (tertiary/aromatic N) is 4. The van der Waals surface area contributed by atoms with Crippen LogP contribution in [-0.2, 0) is 10.3 Å². The molecule has 0 saturated heterocycles. The summed E-state index contributed by atoms with van der Waals surface area (Å²) in [4.78, 5) is 45.7. The van der Waals surface area contributed by atoms with Gasteiger partial charge in [-0.25, -0.2) is 0 Å². The van der Waals surface area contributed by atoms with Crippen LogP contribution in [0.4, 0.5) is 10.8 Å². The Kier molecular flexibility index (Phi) is 4.91. The summed E-state index contributed by atoms with van der Waals surface area (Å²) in [6.07, 6.45) is 0.707. The number of para-hydroxylation sites is 1. The van der Waals surface area contributed by atoms with Crippen molar-refractivity contribution in [2.75, 3.05) is 16.3 Å². The van der Waals surface area contributed by atoms with Crippen molar-refractivity contribution < 1.29 is 14.0 Å². The number of benzene rings is 2. The van der Waals surface area contributed by atoms with Crippen molar-refractivity contribution in [1.29, 1.82) is 0 Å². The third-order valence-electron chi connectivity index (χ3n) is 6.84. The van der Waals surface area contributed by atoms with Crippen LogP contribution in [0.5, 0.6) is 0 Å². The Morgan fingerprint density at radius 2 is 1.86 bits per heavy atom. The first-order valence-electron chi connectivity index (χ1n) is 12.0. The van der Waals surface area contributed by atoms with Gasteiger partial charge in [-0.3, -0.25) is 19.3 Å². The van der Waals surface area contributed by atoms with Gasteiger partial charge in [-0.1, -0.05) is 61.9 Å². The molecule has 0 aliphatic carbocycles. The average molecular weight is 501 g/mol. The maximum Gasteiger partial charge on any atom is 0.297 e. The number of amides is 2. The molecule has 2 amide bonds. The van der Waals surface area contributed by atoms with Gasteiger partial charge in [0.2, 0.25) is 10.9 Å². The number of aryl methyl sites for hydroxylation is 1. The number of carbonyl (C=O) groups is 2. The molecule has 1 atom stereocenters. The highest BCUT2D eigenvalue weighted by atomic mass is 32.1. The van der Waals surface area contributed by atoms with E-state index in [0.29, 0.717) is 35.2 Å². The van der Waals surface area contributed by atoms with E-state index in [9.17, 15) is 14.4 Å². The third-order valence-corrected chi connectivity index (χ3v) is 8.05. The van der Waals surface area contributed by atoms with E-state index < -0.39 is 11.4 Å². The molecular formula is C27H24N4O4S. The van der Waals surface area contributed by atoms with E-state index in [1.54, 1.807) is 17.0 Å². The molecule has 1 unspecified atom stereocenters. The zero-order valence-corrected chi connectivity index (χ0v) is 21.2. The second-order valence-electron chi connectivity index (χ2n) is 9.54. The lowest BCUT2D eigenvalue weighted by molar-refractivity contribution is -0.121. The van der Waals surface area contributed by atoms with E-state index in [1.165, 1.54) is 16.2 Å². The lowest BCUT2D eigenvalue weighted by Crippen LogP contribution is -2.53. The molecule has 0 radical (unpaired) electrons. The fourth-order valence-corrected chi connectivity index (χ4v) is 6.17. The second kappa shape index (κ2) is 7.83. The van der Waals surface area contributed by atoms with Crippen LogP contribution < -0.4 is 15.2 Å². The van der Waals surface area contributed by atoms with Crippen molar-refractivity contribution in [3.05, 3.63) is 80.1 Å². The molecule has 2 aromatic heterocycles. The molecule has 4 heterocycles. The molecule has 0 saturated carbocycles. The number of fused-ring (bicyclic) bond motifs is 5. The van der Waals surface area contributed by atoms with Crippen molar-refractivity contribution >= 4 is 44.9 Å². The monoisotopic (exact) mass is 500 g/mol. The van der Waals surface area contributed by atoms with Gasteiger partial charge in [0.25, 0.3) is 11.8 Å². The Labute approximate surface area is 211 Å². The van der Waals surface area contributed by atoms with E-state index in [0.717, 1.165) is 10.6 Å². The van der Waals surface area contributed by atoms with Gasteiger partial charge in [-0.15, -0.1) is 10.2 Å². The Balaban J connectivity index is 1.75. The van der Waals surface area contributed by atoms with Crippen LogP contribution >= 0.6 is 11.3 Å². The van der Waals surface area contributed by atoms with Gasteiger partial charge < -0.3 is 9.32 Å². The lowest BCUT2D eigenvalue weighted by Gasteiger charge is -2.32. The van der Waals surface area contributed by atoms with Gasteiger partial charge in [0, 0.05) is 18.0 Å². The summed E-state index contributed by atoms with van der Waals surface area (Å²) >= 11 is 1.25. The number of hydrogen-bond donors (Lipinski definition) is 0. The van der Waals surface area contributed by atoms with Crippen LogP contribution in [0.25, 0.3) is 11.0 Å². The smallest absolute Gasteiger partial charge is 0.297 e. The van der Waals surface area contributed by atoms with Crippen LogP contribution in [0.3, 0.4) is 0 Å². The molecule has 182 valence electrons. The van der Waals surface area contributed by atoms with E-state index in [4.69, 9.17) is 4.42 Å². The van der Waals surface area contributed by atoms with Crippen LogP contribution in [0, 0.1) is 6.92 Å². The van der Waals surface area contributed by atoms with Crippen LogP contribution in [0.2, 0.25) is 0 Å². The summed E-state index contributed by atoms with van der Waals surface area (Å²) in [6, 6.07) is 12.6. The summed E-state index contributed by atoms with van der Waals surface area (Å²) in [5, 5.41) is 9.93. The summed E-state index contributed by atoms with van der Waals surface area (Å²) in [6.45, 7) is 8.28. The average Bonchev–Trinajstić information content (AvgIpc) is 3.51. The quantitative estimate of drug-likeness (QED) is 0.402. The van der Waals surface area contributed by atoms with E-state index >= 15 is 0 Å². The van der Waals surface area contributed by atoms with Gasteiger partial charge in [0.15, 0.2) is 11.0 Å². The van der Waals surface area contributed by atoms with Gasteiger partial charge in [0.1, 0.15) is 10.6 Å². The summed E-state index contributed by atoms with van der Waals surface area (Å²) in [5.41, 5.74) is 0.359. The number of rotatable bonds is 4. The second-order valence-corrected chi connectivity index (χ2v) is 10.5. The fraction of sp³-hybridized carbons (Fsp3) is 0.296.